The maximum absolute atomic E-state index is 12.5. The highest BCUT2D eigenvalue weighted by atomic mass is 16.5. The number of carbonyl (C=O) groups excluding carboxylic acids is 3. The minimum Gasteiger partial charge on any atom is -0.368 e. The Morgan fingerprint density at radius 1 is 0.903 bits per heavy atom. The number of carbonyl (C=O) groups is 3. The maximum atomic E-state index is 12.5. The molecule has 2 amide bonds. The fraction of sp³-hybridized carbons (Fsp3) is 0.208. The Labute approximate surface area is 181 Å². The summed E-state index contributed by atoms with van der Waals surface area (Å²) in [6.07, 6.45) is 6.03. The Hall–Kier alpha value is -3.71. The number of piperazine rings is 1. The van der Waals surface area contributed by atoms with Gasteiger partial charge in [-0.1, -0.05) is 24.3 Å². The van der Waals surface area contributed by atoms with Crippen molar-refractivity contribution in [2.45, 2.75) is 6.92 Å². The highest BCUT2D eigenvalue weighted by molar-refractivity contribution is 6.07. The van der Waals surface area contributed by atoms with Crippen molar-refractivity contribution in [2.75, 3.05) is 31.1 Å². The van der Waals surface area contributed by atoms with Crippen LogP contribution in [0.1, 0.15) is 28.4 Å². The molecule has 31 heavy (non-hydrogen) atoms. The minimum atomic E-state index is -0.611. The number of amides is 2. The summed E-state index contributed by atoms with van der Waals surface area (Å²) in [5.41, 5.74) is 4.76. The van der Waals surface area contributed by atoms with Gasteiger partial charge in [0.15, 0.2) is 5.78 Å². The maximum Gasteiger partial charge on any atom is 0.267 e. The van der Waals surface area contributed by atoms with Gasteiger partial charge in [0.25, 0.3) is 5.91 Å². The van der Waals surface area contributed by atoms with E-state index in [1.165, 1.54) is 17.6 Å². The number of allylic oxidation sites excluding steroid dienone is 1. The third-order valence-electron chi connectivity index (χ3n) is 5.12. The van der Waals surface area contributed by atoms with E-state index in [1.54, 1.807) is 19.1 Å². The van der Waals surface area contributed by atoms with E-state index in [2.05, 4.69) is 4.90 Å². The summed E-state index contributed by atoms with van der Waals surface area (Å²) in [5, 5.41) is 8.53. The molecule has 3 rings (SSSR count). The molecule has 0 saturated carbocycles. The van der Waals surface area contributed by atoms with Crippen molar-refractivity contribution in [1.82, 2.24) is 10.4 Å². The van der Waals surface area contributed by atoms with Crippen molar-refractivity contribution in [3.63, 3.8) is 0 Å². The van der Waals surface area contributed by atoms with E-state index in [1.807, 2.05) is 53.4 Å². The van der Waals surface area contributed by atoms with Crippen molar-refractivity contribution in [1.29, 1.82) is 0 Å². The van der Waals surface area contributed by atoms with E-state index < -0.39 is 5.91 Å². The van der Waals surface area contributed by atoms with E-state index in [0.717, 1.165) is 29.9 Å². The van der Waals surface area contributed by atoms with Crippen LogP contribution in [0.4, 0.5) is 5.69 Å². The zero-order valence-electron chi connectivity index (χ0n) is 17.3. The monoisotopic (exact) mass is 419 g/mol. The van der Waals surface area contributed by atoms with Crippen LogP contribution in [0.15, 0.2) is 60.7 Å². The van der Waals surface area contributed by atoms with Gasteiger partial charge in [0.1, 0.15) is 0 Å². The van der Waals surface area contributed by atoms with Gasteiger partial charge in [-0.25, -0.2) is 5.48 Å². The first-order chi connectivity index (χ1) is 15.0. The molecule has 7 heteroatoms. The van der Waals surface area contributed by atoms with Gasteiger partial charge in [0.05, 0.1) is 0 Å². The van der Waals surface area contributed by atoms with Crippen LogP contribution in [-0.4, -0.2) is 53.9 Å². The molecule has 0 radical (unpaired) electrons. The summed E-state index contributed by atoms with van der Waals surface area (Å²) in [6, 6.07) is 14.8. The van der Waals surface area contributed by atoms with Crippen molar-refractivity contribution in [3.8, 4) is 0 Å². The molecular formula is C24H25N3O4. The fourth-order valence-electron chi connectivity index (χ4n) is 3.36. The highest BCUT2D eigenvalue weighted by Crippen LogP contribution is 2.18. The minimum absolute atomic E-state index is 0.101. The topological polar surface area (TPSA) is 90.0 Å². The van der Waals surface area contributed by atoms with Crippen LogP contribution >= 0.6 is 0 Å². The Bertz CT molecular complexity index is 1000. The predicted molar refractivity (Wildman–Crippen MR) is 120 cm³/mol. The summed E-state index contributed by atoms with van der Waals surface area (Å²) in [5.74, 6) is -0.613. The number of nitrogens with zero attached hydrogens (tertiary/aromatic N) is 2. The lowest BCUT2D eigenvalue weighted by atomic mass is 10.1. The summed E-state index contributed by atoms with van der Waals surface area (Å²) in [7, 11) is 0. The average Bonchev–Trinajstić information content (AvgIpc) is 2.81. The average molecular weight is 419 g/mol. The van der Waals surface area contributed by atoms with Gasteiger partial charge in [-0.05, 0) is 53.6 Å². The first-order valence-electron chi connectivity index (χ1n) is 10.0. The molecule has 1 aliphatic heterocycles. The van der Waals surface area contributed by atoms with Gasteiger partial charge in [0.2, 0.25) is 5.91 Å². The second-order valence-corrected chi connectivity index (χ2v) is 7.22. The first-order valence-corrected chi connectivity index (χ1v) is 10.0. The van der Waals surface area contributed by atoms with E-state index in [-0.39, 0.29) is 11.7 Å². The Balaban J connectivity index is 1.61. The standard InChI is InChI=1S/C24H25N3O4/c1-18(28)26-13-15-27(16-14-26)22-9-7-21(8-10-22)23(29)11-5-19-3-2-4-20(17-19)6-12-24(30)25-31/h2-12,17,31H,13-16H2,1H3,(H,25,30)/b11-5+,12-6+. The Morgan fingerprint density at radius 3 is 2.10 bits per heavy atom. The van der Waals surface area contributed by atoms with E-state index in [0.29, 0.717) is 18.7 Å². The van der Waals surface area contributed by atoms with Crippen LogP contribution in [0.3, 0.4) is 0 Å². The van der Waals surface area contributed by atoms with Crippen LogP contribution in [0, 0.1) is 0 Å². The predicted octanol–water partition coefficient (Wildman–Crippen LogP) is 2.77. The molecule has 2 N–H and O–H groups in total. The van der Waals surface area contributed by atoms with Crippen molar-refractivity contribution in [3.05, 3.63) is 77.4 Å². The summed E-state index contributed by atoms with van der Waals surface area (Å²) in [4.78, 5) is 39.1. The van der Waals surface area contributed by atoms with Crippen LogP contribution in [0.25, 0.3) is 12.2 Å². The van der Waals surface area contributed by atoms with Gasteiger partial charge in [-0.3, -0.25) is 19.6 Å². The zero-order valence-corrected chi connectivity index (χ0v) is 17.3. The van der Waals surface area contributed by atoms with Crippen molar-refractivity contribution < 1.29 is 19.6 Å². The number of rotatable bonds is 6. The molecule has 0 bridgehead atoms. The number of nitrogens with one attached hydrogen (secondary N) is 1. The second kappa shape index (κ2) is 10.4. The Kier molecular flexibility index (Phi) is 7.35. The third kappa shape index (κ3) is 6.13. The van der Waals surface area contributed by atoms with E-state index in [4.69, 9.17) is 5.21 Å². The van der Waals surface area contributed by atoms with Crippen molar-refractivity contribution in [2.24, 2.45) is 0 Å². The molecular weight excluding hydrogens is 394 g/mol. The number of anilines is 1. The molecule has 0 aromatic heterocycles. The molecule has 160 valence electrons. The van der Waals surface area contributed by atoms with Gasteiger partial charge < -0.3 is 9.80 Å². The Morgan fingerprint density at radius 2 is 1.52 bits per heavy atom. The lowest BCUT2D eigenvalue weighted by Crippen LogP contribution is -2.48. The lowest BCUT2D eigenvalue weighted by Gasteiger charge is -2.35. The number of ketones is 1. The van der Waals surface area contributed by atoms with Crippen LogP contribution in [-0.2, 0) is 9.59 Å². The smallest absolute Gasteiger partial charge is 0.267 e. The normalized spacial score (nSPS) is 14.3. The van der Waals surface area contributed by atoms with Crippen LogP contribution < -0.4 is 10.4 Å². The molecule has 7 nitrogen and oxygen atoms in total. The molecule has 1 fully saturated rings. The van der Waals surface area contributed by atoms with E-state index >= 15 is 0 Å². The molecule has 0 aliphatic carbocycles. The van der Waals surface area contributed by atoms with Crippen molar-refractivity contribution >= 4 is 35.4 Å². The summed E-state index contributed by atoms with van der Waals surface area (Å²) < 4.78 is 0. The molecule has 1 saturated heterocycles. The highest BCUT2D eigenvalue weighted by Gasteiger charge is 2.18. The summed E-state index contributed by atoms with van der Waals surface area (Å²) >= 11 is 0. The number of hydroxylamine groups is 1. The molecule has 1 heterocycles. The fourth-order valence-corrected chi connectivity index (χ4v) is 3.36. The molecule has 2 aromatic carbocycles. The molecule has 0 atom stereocenters. The largest absolute Gasteiger partial charge is 0.368 e. The van der Waals surface area contributed by atoms with Crippen LogP contribution in [0.5, 0.6) is 0 Å². The number of hydrogen-bond acceptors (Lipinski definition) is 5. The SMILES string of the molecule is CC(=O)N1CCN(c2ccc(C(=O)/C=C/c3cccc(/C=C/C(=O)NO)c3)cc2)CC1. The van der Waals surface area contributed by atoms with Gasteiger partial charge in [-0.15, -0.1) is 0 Å². The number of benzene rings is 2. The zero-order chi connectivity index (χ0) is 22.2. The molecule has 2 aromatic rings. The van der Waals surface area contributed by atoms with E-state index in [9.17, 15) is 14.4 Å². The van der Waals surface area contributed by atoms with Gasteiger partial charge in [0, 0.05) is 50.4 Å². The quantitative estimate of drug-likeness (QED) is 0.325. The first kappa shape index (κ1) is 22.0. The third-order valence-corrected chi connectivity index (χ3v) is 5.12. The number of hydrogen-bond donors (Lipinski definition) is 2. The second-order valence-electron chi connectivity index (χ2n) is 7.22. The molecule has 0 unspecified atom stereocenters. The molecule has 0 spiro atoms. The lowest BCUT2D eigenvalue weighted by molar-refractivity contribution is -0.129. The van der Waals surface area contributed by atoms with Gasteiger partial charge in [-0.2, -0.15) is 0 Å². The van der Waals surface area contributed by atoms with Gasteiger partial charge >= 0.3 is 0 Å². The van der Waals surface area contributed by atoms with Crippen LogP contribution in [0.2, 0.25) is 0 Å². The molecule has 1 aliphatic rings. The summed E-state index contributed by atoms with van der Waals surface area (Å²) in [6.45, 7) is 4.55.